The highest BCUT2D eigenvalue weighted by Gasteiger charge is 2.32. The van der Waals surface area contributed by atoms with Crippen LogP contribution in [0.3, 0.4) is 0 Å². The van der Waals surface area contributed by atoms with Crippen LogP contribution in [0.15, 0.2) is 18.2 Å². The van der Waals surface area contributed by atoms with E-state index in [2.05, 4.69) is 16.0 Å². The maximum atomic E-state index is 13.0. The van der Waals surface area contributed by atoms with Crippen molar-refractivity contribution in [1.82, 2.24) is 10.6 Å². The summed E-state index contributed by atoms with van der Waals surface area (Å²) in [5, 5.41) is 8.23. The van der Waals surface area contributed by atoms with Gasteiger partial charge in [-0.05, 0) is 56.5 Å². The molecule has 0 bridgehead atoms. The van der Waals surface area contributed by atoms with E-state index >= 15 is 0 Å². The fraction of sp³-hybridized carbons (Fsp3) is 0.529. The summed E-state index contributed by atoms with van der Waals surface area (Å²) >= 11 is 0. The van der Waals surface area contributed by atoms with Crippen LogP contribution in [-0.2, 0) is 11.0 Å². The number of amides is 2. The molecule has 0 radical (unpaired) electrons. The molecule has 0 spiro atoms. The number of hydrogen-bond acceptors (Lipinski definition) is 3. The van der Waals surface area contributed by atoms with Gasteiger partial charge in [-0.1, -0.05) is 0 Å². The molecule has 1 unspecified atom stereocenters. The molecule has 1 aliphatic rings. The topological polar surface area (TPSA) is 70.2 Å². The predicted molar refractivity (Wildman–Crippen MR) is 95.5 cm³/mol. The number of piperidine rings is 1. The van der Waals surface area contributed by atoms with Crippen LogP contribution in [0.4, 0.5) is 18.9 Å². The van der Waals surface area contributed by atoms with Crippen molar-refractivity contribution in [3.63, 3.8) is 0 Å². The molecule has 0 aromatic heterocycles. The van der Waals surface area contributed by atoms with Crippen LogP contribution in [-0.4, -0.2) is 31.4 Å². The van der Waals surface area contributed by atoms with Gasteiger partial charge in [-0.3, -0.25) is 9.59 Å². The van der Waals surface area contributed by atoms with E-state index in [0.717, 1.165) is 44.5 Å². The Balaban J connectivity index is 0.00000338. The Bertz CT molecular complexity index is 632. The Morgan fingerprint density at radius 3 is 2.58 bits per heavy atom. The van der Waals surface area contributed by atoms with E-state index in [4.69, 9.17) is 0 Å². The number of halogens is 4. The highest BCUT2D eigenvalue weighted by Crippen LogP contribution is 2.32. The molecule has 1 aliphatic heterocycles. The lowest BCUT2D eigenvalue weighted by Crippen LogP contribution is -2.33. The molecule has 2 amide bonds. The predicted octanol–water partition coefficient (Wildman–Crippen LogP) is 3.21. The lowest BCUT2D eigenvalue weighted by molar-refractivity contribution is -0.137. The molecular formula is C17H23ClF3N3O2. The Labute approximate surface area is 156 Å². The number of rotatable bonds is 5. The molecule has 26 heavy (non-hydrogen) atoms. The fourth-order valence-electron chi connectivity index (χ4n) is 2.86. The summed E-state index contributed by atoms with van der Waals surface area (Å²) in [5.74, 6) is -0.623. The number of carbonyl (C=O) groups excluding carboxylic acids is 2. The van der Waals surface area contributed by atoms with Gasteiger partial charge in [0.25, 0.3) is 5.91 Å². The van der Waals surface area contributed by atoms with Gasteiger partial charge < -0.3 is 16.0 Å². The van der Waals surface area contributed by atoms with Crippen LogP contribution >= 0.6 is 12.4 Å². The van der Waals surface area contributed by atoms with E-state index < -0.39 is 23.6 Å². The average Bonchev–Trinajstić information content (AvgIpc) is 2.54. The van der Waals surface area contributed by atoms with Crippen molar-refractivity contribution in [2.45, 2.75) is 32.4 Å². The molecule has 1 atom stereocenters. The zero-order valence-corrected chi connectivity index (χ0v) is 15.2. The minimum absolute atomic E-state index is 0. The van der Waals surface area contributed by atoms with Gasteiger partial charge in [-0.15, -0.1) is 12.4 Å². The van der Waals surface area contributed by atoms with Crippen LogP contribution in [0.2, 0.25) is 0 Å². The molecule has 1 fully saturated rings. The fourth-order valence-corrected chi connectivity index (χ4v) is 2.86. The molecular weight excluding hydrogens is 371 g/mol. The minimum Gasteiger partial charge on any atom is -0.352 e. The molecule has 1 saturated heterocycles. The molecule has 5 nitrogen and oxygen atoms in total. The molecule has 1 aromatic carbocycles. The van der Waals surface area contributed by atoms with Gasteiger partial charge in [0.15, 0.2) is 0 Å². The molecule has 1 heterocycles. The van der Waals surface area contributed by atoms with E-state index in [1.54, 1.807) is 0 Å². The zero-order valence-electron chi connectivity index (χ0n) is 14.4. The van der Waals surface area contributed by atoms with Crippen molar-refractivity contribution in [3.8, 4) is 0 Å². The highest BCUT2D eigenvalue weighted by molar-refractivity contribution is 5.97. The summed E-state index contributed by atoms with van der Waals surface area (Å²) in [4.78, 5) is 23.3. The second kappa shape index (κ2) is 9.78. The van der Waals surface area contributed by atoms with E-state index in [9.17, 15) is 22.8 Å². The van der Waals surface area contributed by atoms with Crippen molar-refractivity contribution in [2.75, 3.05) is 25.0 Å². The van der Waals surface area contributed by atoms with Gasteiger partial charge in [0.1, 0.15) is 0 Å². The van der Waals surface area contributed by atoms with Crippen LogP contribution < -0.4 is 16.0 Å². The van der Waals surface area contributed by atoms with E-state index in [-0.39, 0.29) is 23.7 Å². The number of hydrogen-bond donors (Lipinski definition) is 3. The first kappa shape index (κ1) is 22.2. The number of benzene rings is 1. The van der Waals surface area contributed by atoms with Crippen LogP contribution in [0, 0.1) is 5.92 Å². The lowest BCUT2D eigenvalue weighted by atomic mass is 9.96. The summed E-state index contributed by atoms with van der Waals surface area (Å²) in [6.45, 7) is 3.49. The summed E-state index contributed by atoms with van der Waals surface area (Å²) in [6.07, 6.45) is -1.65. The largest absolute Gasteiger partial charge is 0.416 e. The molecule has 0 saturated carbocycles. The molecule has 0 aliphatic carbocycles. The monoisotopic (exact) mass is 393 g/mol. The first-order valence-corrected chi connectivity index (χ1v) is 8.24. The zero-order chi connectivity index (χ0) is 18.4. The third-order valence-electron chi connectivity index (χ3n) is 4.08. The third kappa shape index (κ3) is 6.84. The summed E-state index contributed by atoms with van der Waals surface area (Å²) in [7, 11) is 0. The quantitative estimate of drug-likeness (QED) is 0.719. The second-order valence-corrected chi connectivity index (χ2v) is 6.23. The average molecular weight is 394 g/mol. The van der Waals surface area contributed by atoms with Crippen molar-refractivity contribution < 1.29 is 22.8 Å². The maximum absolute atomic E-state index is 13.0. The summed E-state index contributed by atoms with van der Waals surface area (Å²) in [5.41, 5.74) is -1.15. The molecule has 3 N–H and O–H groups in total. The molecule has 2 rings (SSSR count). The van der Waals surface area contributed by atoms with Gasteiger partial charge >= 0.3 is 6.18 Å². The van der Waals surface area contributed by atoms with Crippen LogP contribution in [0.5, 0.6) is 0 Å². The standard InChI is InChI=1S/C17H22F3N3O2.ClH/c1-11(24)23-15-8-13(7-14(9-15)17(18,19)20)16(25)22-6-4-12-3-2-5-21-10-12;/h7-9,12,21H,2-6,10H2,1H3,(H,22,25)(H,23,24);1H. The number of carbonyl (C=O) groups is 2. The normalized spacial score (nSPS) is 17.2. The smallest absolute Gasteiger partial charge is 0.352 e. The number of nitrogens with one attached hydrogen (secondary N) is 3. The van der Waals surface area contributed by atoms with Gasteiger partial charge in [0.05, 0.1) is 5.56 Å². The summed E-state index contributed by atoms with van der Waals surface area (Å²) < 4.78 is 39.0. The minimum atomic E-state index is -4.60. The first-order chi connectivity index (χ1) is 11.8. The van der Waals surface area contributed by atoms with Crippen LogP contribution in [0.25, 0.3) is 0 Å². The lowest BCUT2D eigenvalue weighted by Gasteiger charge is -2.22. The van der Waals surface area contributed by atoms with Gasteiger partial charge in [-0.25, -0.2) is 0 Å². The Morgan fingerprint density at radius 1 is 1.27 bits per heavy atom. The van der Waals surface area contributed by atoms with E-state index in [0.29, 0.717) is 12.5 Å². The summed E-state index contributed by atoms with van der Waals surface area (Å²) in [6, 6.07) is 2.85. The Morgan fingerprint density at radius 2 is 2.00 bits per heavy atom. The van der Waals surface area contributed by atoms with Crippen molar-refractivity contribution in [1.29, 1.82) is 0 Å². The number of alkyl halides is 3. The highest BCUT2D eigenvalue weighted by atomic mass is 35.5. The molecule has 146 valence electrons. The number of anilines is 1. The molecule has 1 aromatic rings. The SMILES string of the molecule is CC(=O)Nc1cc(C(=O)NCCC2CCCNC2)cc(C(F)(F)F)c1.Cl. The van der Waals surface area contributed by atoms with Gasteiger partial charge in [-0.2, -0.15) is 13.2 Å². The Kier molecular flexibility index (Phi) is 8.36. The first-order valence-electron chi connectivity index (χ1n) is 8.24. The van der Waals surface area contributed by atoms with Crippen LogP contribution in [0.1, 0.15) is 42.1 Å². The van der Waals surface area contributed by atoms with E-state index in [1.165, 1.54) is 13.0 Å². The van der Waals surface area contributed by atoms with Crippen molar-refractivity contribution in [3.05, 3.63) is 29.3 Å². The third-order valence-corrected chi connectivity index (χ3v) is 4.08. The van der Waals surface area contributed by atoms with Crippen molar-refractivity contribution >= 4 is 29.9 Å². The van der Waals surface area contributed by atoms with Crippen molar-refractivity contribution in [2.24, 2.45) is 5.92 Å². The van der Waals surface area contributed by atoms with Gasteiger partial charge in [0, 0.05) is 24.7 Å². The van der Waals surface area contributed by atoms with E-state index in [1.807, 2.05) is 0 Å². The Hall–Kier alpha value is -1.80. The maximum Gasteiger partial charge on any atom is 0.416 e. The molecule has 9 heteroatoms. The second-order valence-electron chi connectivity index (χ2n) is 6.23. The van der Waals surface area contributed by atoms with Gasteiger partial charge in [0.2, 0.25) is 5.91 Å².